The minimum absolute atomic E-state index is 0.0403. The first-order valence-electron chi connectivity index (χ1n) is 11.4. The quantitative estimate of drug-likeness (QED) is 0.633. The van der Waals surface area contributed by atoms with Gasteiger partial charge in [0.05, 0.1) is 12.1 Å². The third-order valence-electron chi connectivity index (χ3n) is 6.04. The number of carbonyl (C=O) groups excluding carboxylic acids is 2. The van der Waals surface area contributed by atoms with Crippen molar-refractivity contribution in [3.05, 3.63) is 52.0 Å². The number of benzene rings is 1. The number of fused-ring (bicyclic) bond motifs is 1. The highest BCUT2D eigenvalue weighted by atomic mass is 32.1. The van der Waals surface area contributed by atoms with Crippen LogP contribution in [0.3, 0.4) is 0 Å². The average Bonchev–Trinajstić information content (AvgIpc) is 3.50. The van der Waals surface area contributed by atoms with Crippen LogP contribution < -0.4 is 10.1 Å². The number of halogens is 1. The molecule has 1 aromatic carbocycles. The fraction of sp³-hybridized carbons (Fsp3) is 0.500. The second-order valence-electron chi connectivity index (χ2n) is 8.24. The number of nitrogens with zero attached hydrogens (tertiary/aromatic N) is 2. The Morgan fingerprint density at radius 2 is 2.18 bits per heavy atom. The van der Waals surface area contributed by atoms with E-state index in [1.54, 1.807) is 39.3 Å². The third-order valence-corrected chi connectivity index (χ3v) is 7.03. The molecule has 33 heavy (non-hydrogen) atoms. The van der Waals surface area contributed by atoms with Gasteiger partial charge in [0.15, 0.2) is 11.6 Å². The van der Waals surface area contributed by atoms with Crippen LogP contribution in [0.1, 0.15) is 36.2 Å². The van der Waals surface area contributed by atoms with Crippen LogP contribution in [-0.2, 0) is 16.0 Å². The van der Waals surface area contributed by atoms with E-state index in [0.29, 0.717) is 26.2 Å². The Bertz CT molecular complexity index is 963. The van der Waals surface area contributed by atoms with Crippen LogP contribution in [0.25, 0.3) is 0 Å². The van der Waals surface area contributed by atoms with Crippen molar-refractivity contribution < 1.29 is 23.5 Å². The second-order valence-corrected chi connectivity index (χ2v) is 9.25. The number of hydrogen-bond donors (Lipinski definition) is 1. The molecule has 7 nitrogen and oxygen atoms in total. The smallest absolute Gasteiger partial charge is 0.317 e. The summed E-state index contributed by atoms with van der Waals surface area (Å²) in [5.41, 5.74) is 1.03. The zero-order valence-corrected chi connectivity index (χ0v) is 19.6. The van der Waals surface area contributed by atoms with E-state index in [1.807, 2.05) is 18.4 Å². The summed E-state index contributed by atoms with van der Waals surface area (Å²) in [6, 6.07) is 7.65. The van der Waals surface area contributed by atoms with Gasteiger partial charge >= 0.3 is 6.03 Å². The monoisotopic (exact) mass is 475 g/mol. The number of nitrogens with one attached hydrogen (secondary N) is 1. The number of carbonyl (C=O) groups is 2. The summed E-state index contributed by atoms with van der Waals surface area (Å²) in [6.07, 6.45) is 2.54. The molecule has 3 amide bonds. The van der Waals surface area contributed by atoms with E-state index in [4.69, 9.17) is 9.47 Å². The molecule has 0 aliphatic carbocycles. The van der Waals surface area contributed by atoms with Crippen molar-refractivity contribution in [2.75, 3.05) is 39.4 Å². The first-order valence-corrected chi connectivity index (χ1v) is 12.3. The molecular formula is C24H30FN3O4S. The van der Waals surface area contributed by atoms with Gasteiger partial charge in [-0.15, -0.1) is 11.3 Å². The van der Waals surface area contributed by atoms with Gasteiger partial charge in [0.25, 0.3) is 0 Å². The van der Waals surface area contributed by atoms with E-state index in [2.05, 4.69) is 5.32 Å². The first-order chi connectivity index (χ1) is 16.1. The SMILES string of the molecule is CCNC(=O)N(CC(=O)N1CCc2sccc2[C@H]1COc1ccccc1F)C[C@@H]1CCCO1. The maximum Gasteiger partial charge on any atom is 0.317 e. The molecule has 9 heteroatoms. The number of rotatable bonds is 8. The molecule has 2 atom stereocenters. The predicted molar refractivity (Wildman–Crippen MR) is 124 cm³/mol. The second kappa shape index (κ2) is 11.0. The third kappa shape index (κ3) is 5.65. The lowest BCUT2D eigenvalue weighted by Crippen LogP contribution is -2.51. The fourth-order valence-electron chi connectivity index (χ4n) is 4.38. The normalized spacial score (nSPS) is 19.8. The largest absolute Gasteiger partial charge is 0.488 e. The lowest BCUT2D eigenvalue weighted by Gasteiger charge is -2.37. The van der Waals surface area contributed by atoms with Crippen LogP contribution in [0.5, 0.6) is 5.75 Å². The summed E-state index contributed by atoms with van der Waals surface area (Å²) < 4.78 is 25.6. The highest BCUT2D eigenvalue weighted by Crippen LogP contribution is 2.34. The van der Waals surface area contributed by atoms with Gasteiger partial charge in [0.2, 0.25) is 5.91 Å². The van der Waals surface area contributed by atoms with Crippen LogP contribution >= 0.6 is 11.3 Å². The fourth-order valence-corrected chi connectivity index (χ4v) is 5.30. The van der Waals surface area contributed by atoms with Crippen molar-refractivity contribution in [2.45, 2.75) is 38.3 Å². The van der Waals surface area contributed by atoms with Crippen molar-refractivity contribution in [2.24, 2.45) is 0 Å². The van der Waals surface area contributed by atoms with E-state index < -0.39 is 5.82 Å². The van der Waals surface area contributed by atoms with E-state index >= 15 is 0 Å². The summed E-state index contributed by atoms with van der Waals surface area (Å²) >= 11 is 1.66. The molecule has 0 unspecified atom stereocenters. The lowest BCUT2D eigenvalue weighted by atomic mass is 10.0. The summed E-state index contributed by atoms with van der Waals surface area (Å²) in [7, 11) is 0. The van der Waals surface area contributed by atoms with Crippen molar-refractivity contribution in [1.29, 1.82) is 0 Å². The molecule has 0 saturated carbocycles. The lowest BCUT2D eigenvalue weighted by molar-refractivity contribution is -0.135. The minimum atomic E-state index is -0.435. The number of amides is 3. The Labute approximate surface area is 197 Å². The van der Waals surface area contributed by atoms with Crippen molar-refractivity contribution in [3.63, 3.8) is 0 Å². The zero-order chi connectivity index (χ0) is 23.2. The highest BCUT2D eigenvalue weighted by molar-refractivity contribution is 7.10. The van der Waals surface area contributed by atoms with Gasteiger partial charge in [0.1, 0.15) is 13.2 Å². The van der Waals surface area contributed by atoms with E-state index in [-0.39, 0.29) is 43.0 Å². The van der Waals surface area contributed by atoms with Crippen molar-refractivity contribution >= 4 is 23.3 Å². The summed E-state index contributed by atoms with van der Waals surface area (Å²) in [5, 5.41) is 4.81. The molecule has 178 valence electrons. The molecule has 1 aromatic heterocycles. The van der Waals surface area contributed by atoms with Gasteiger partial charge in [-0.1, -0.05) is 12.1 Å². The van der Waals surface area contributed by atoms with Gasteiger partial charge in [-0.05, 0) is 55.3 Å². The summed E-state index contributed by atoms with van der Waals surface area (Å²) in [6.45, 7) is 4.03. The van der Waals surface area contributed by atoms with Crippen LogP contribution in [0.4, 0.5) is 9.18 Å². The van der Waals surface area contributed by atoms with E-state index in [1.165, 1.54) is 10.9 Å². The maximum absolute atomic E-state index is 14.1. The molecule has 0 radical (unpaired) electrons. The van der Waals surface area contributed by atoms with Crippen LogP contribution in [0.2, 0.25) is 0 Å². The Morgan fingerprint density at radius 1 is 1.33 bits per heavy atom. The molecule has 4 rings (SSSR count). The molecule has 0 spiro atoms. The number of thiophene rings is 1. The average molecular weight is 476 g/mol. The van der Waals surface area contributed by atoms with Crippen LogP contribution in [0, 0.1) is 5.82 Å². The predicted octanol–water partition coefficient (Wildman–Crippen LogP) is 3.60. The van der Waals surface area contributed by atoms with Gasteiger partial charge < -0.3 is 24.6 Å². The van der Waals surface area contributed by atoms with Crippen LogP contribution in [-0.4, -0.2) is 67.2 Å². The molecule has 0 bridgehead atoms. The summed E-state index contributed by atoms with van der Waals surface area (Å²) in [4.78, 5) is 30.6. The Morgan fingerprint density at radius 3 is 2.94 bits per heavy atom. The first kappa shape index (κ1) is 23.5. The topological polar surface area (TPSA) is 71.1 Å². The molecule has 2 aliphatic rings. The number of para-hydroxylation sites is 1. The molecule has 1 fully saturated rings. The maximum atomic E-state index is 14.1. The molecule has 2 aromatic rings. The molecule has 1 saturated heterocycles. The van der Waals surface area contributed by atoms with Gasteiger partial charge in [-0.2, -0.15) is 0 Å². The standard InChI is InChI=1S/C24H30FN3O4S/c1-2-26-24(30)27(14-17-6-5-12-31-17)15-23(29)28-11-9-22-18(10-13-33-22)20(28)16-32-21-8-4-3-7-19(21)25/h3-4,7-8,10,13,17,20H,2,5-6,9,11-12,14-16H2,1H3,(H,26,30)/t17-,20+/m0/s1. The molecule has 3 heterocycles. The van der Waals surface area contributed by atoms with Crippen molar-refractivity contribution in [1.82, 2.24) is 15.1 Å². The zero-order valence-electron chi connectivity index (χ0n) is 18.8. The molecular weight excluding hydrogens is 445 g/mol. The van der Waals surface area contributed by atoms with Gasteiger partial charge in [0, 0.05) is 31.1 Å². The molecule has 1 N–H and O–H groups in total. The number of ether oxygens (including phenoxy) is 2. The Hall–Kier alpha value is -2.65. The van der Waals surface area contributed by atoms with Crippen LogP contribution in [0.15, 0.2) is 35.7 Å². The van der Waals surface area contributed by atoms with E-state index in [0.717, 1.165) is 24.8 Å². The van der Waals surface area contributed by atoms with E-state index in [9.17, 15) is 14.0 Å². The minimum Gasteiger partial charge on any atom is -0.488 e. The summed E-state index contributed by atoms with van der Waals surface area (Å²) in [5.74, 6) is -0.427. The highest BCUT2D eigenvalue weighted by Gasteiger charge is 2.34. The van der Waals surface area contributed by atoms with Gasteiger partial charge in [-0.3, -0.25) is 4.79 Å². The molecule has 2 aliphatic heterocycles. The number of urea groups is 1. The Kier molecular flexibility index (Phi) is 7.82. The van der Waals surface area contributed by atoms with Crippen molar-refractivity contribution in [3.8, 4) is 5.75 Å². The number of hydrogen-bond acceptors (Lipinski definition) is 5. The van der Waals surface area contributed by atoms with Gasteiger partial charge in [-0.25, -0.2) is 9.18 Å². The Balaban J connectivity index is 1.49.